The molecule has 0 aliphatic heterocycles. The van der Waals surface area contributed by atoms with E-state index >= 15 is 0 Å². The number of methoxy groups -OCH3 is 1. The van der Waals surface area contributed by atoms with E-state index in [0.717, 1.165) is 37.7 Å². The molecule has 1 aromatic rings. The summed E-state index contributed by atoms with van der Waals surface area (Å²) in [5.74, 6) is 0. The average Bonchev–Trinajstić information content (AvgIpc) is 2.97. The molecule has 0 radical (unpaired) electrons. The van der Waals surface area contributed by atoms with Gasteiger partial charge in [-0.2, -0.15) is 0 Å². The third-order valence-corrected chi connectivity index (χ3v) is 6.72. The van der Waals surface area contributed by atoms with Crippen LogP contribution in [-0.2, 0) is 21.2 Å². The van der Waals surface area contributed by atoms with E-state index in [-0.39, 0.29) is 12.1 Å². The van der Waals surface area contributed by atoms with Crippen molar-refractivity contribution in [1.82, 2.24) is 4.72 Å². The third-order valence-electron chi connectivity index (χ3n) is 4.77. The number of aryl methyl sites for hydroxylation is 1. The van der Waals surface area contributed by atoms with Crippen molar-refractivity contribution < 1.29 is 13.2 Å². The van der Waals surface area contributed by atoms with Crippen LogP contribution in [0.2, 0.25) is 0 Å². The molecule has 0 bridgehead atoms. The normalized spacial score (nSPS) is 29.3. The quantitative estimate of drug-likeness (QED) is 0.930. The highest BCUT2D eigenvalue weighted by Gasteiger charge is 2.39. The molecular formula is C16H23NO3S. The second-order valence-corrected chi connectivity index (χ2v) is 7.98. The van der Waals surface area contributed by atoms with E-state index in [0.29, 0.717) is 6.42 Å². The van der Waals surface area contributed by atoms with E-state index in [1.807, 2.05) is 18.2 Å². The highest BCUT2D eigenvalue weighted by molar-refractivity contribution is 7.90. The number of benzene rings is 1. The summed E-state index contributed by atoms with van der Waals surface area (Å²) in [4.78, 5) is 0. The van der Waals surface area contributed by atoms with Crippen molar-refractivity contribution >= 4 is 10.0 Å². The van der Waals surface area contributed by atoms with Gasteiger partial charge in [0, 0.05) is 13.2 Å². The van der Waals surface area contributed by atoms with Crippen LogP contribution in [0.25, 0.3) is 0 Å². The molecule has 3 rings (SSSR count). The molecule has 1 unspecified atom stereocenters. The molecule has 0 saturated heterocycles. The van der Waals surface area contributed by atoms with Gasteiger partial charge in [0.15, 0.2) is 0 Å². The first-order valence-electron chi connectivity index (χ1n) is 7.73. The zero-order valence-electron chi connectivity index (χ0n) is 12.4. The van der Waals surface area contributed by atoms with Crippen LogP contribution in [-0.4, -0.2) is 26.9 Å². The van der Waals surface area contributed by atoms with Crippen LogP contribution in [0.15, 0.2) is 24.3 Å². The lowest BCUT2D eigenvalue weighted by Gasteiger charge is -2.28. The molecule has 2 aliphatic rings. The van der Waals surface area contributed by atoms with Crippen LogP contribution in [0.5, 0.6) is 0 Å². The molecule has 1 saturated carbocycles. The second kappa shape index (κ2) is 6.07. The molecule has 116 valence electrons. The first kappa shape index (κ1) is 15.0. The van der Waals surface area contributed by atoms with E-state index in [1.165, 1.54) is 5.56 Å². The van der Waals surface area contributed by atoms with Gasteiger partial charge in [-0.25, -0.2) is 13.1 Å². The Bertz CT molecular complexity index is 599. The molecule has 0 aromatic heterocycles. The summed E-state index contributed by atoms with van der Waals surface area (Å²) in [5, 5.41) is -0.406. The summed E-state index contributed by atoms with van der Waals surface area (Å²) in [6.07, 6.45) is 5.24. The SMILES string of the molecule is CO[C@@H]1CCC[C@H]1S(=O)(=O)NC1CCCc2ccccc21. The van der Waals surface area contributed by atoms with Crippen LogP contribution in [0.3, 0.4) is 0 Å². The van der Waals surface area contributed by atoms with Gasteiger partial charge in [-0.1, -0.05) is 24.3 Å². The van der Waals surface area contributed by atoms with E-state index in [2.05, 4.69) is 10.8 Å². The smallest absolute Gasteiger partial charge is 0.217 e. The number of hydrogen-bond donors (Lipinski definition) is 1. The van der Waals surface area contributed by atoms with Gasteiger partial charge >= 0.3 is 0 Å². The fourth-order valence-corrected chi connectivity index (χ4v) is 5.62. The third kappa shape index (κ3) is 3.00. The minimum Gasteiger partial charge on any atom is -0.380 e. The Morgan fingerprint density at radius 3 is 2.76 bits per heavy atom. The first-order valence-corrected chi connectivity index (χ1v) is 9.28. The monoisotopic (exact) mass is 309 g/mol. The Hall–Kier alpha value is -0.910. The summed E-state index contributed by atoms with van der Waals surface area (Å²) in [7, 11) is -1.73. The predicted molar refractivity (Wildman–Crippen MR) is 82.6 cm³/mol. The van der Waals surface area contributed by atoms with Crippen LogP contribution in [0.4, 0.5) is 0 Å². The molecular weight excluding hydrogens is 286 g/mol. The van der Waals surface area contributed by atoms with Gasteiger partial charge in [0.05, 0.1) is 6.10 Å². The molecule has 2 aliphatic carbocycles. The van der Waals surface area contributed by atoms with Crippen LogP contribution >= 0.6 is 0 Å². The Morgan fingerprint density at radius 2 is 1.95 bits per heavy atom. The van der Waals surface area contributed by atoms with E-state index in [9.17, 15) is 8.42 Å². The molecule has 3 atom stereocenters. The van der Waals surface area contributed by atoms with Crippen molar-refractivity contribution in [2.45, 2.75) is 55.9 Å². The standard InChI is InChI=1S/C16H23NO3S/c1-20-15-10-5-11-16(15)21(18,19)17-14-9-4-7-12-6-2-3-8-13(12)14/h2-3,6,8,14-17H,4-5,7,9-11H2,1H3/t14?,15-,16-/m1/s1. The van der Waals surface area contributed by atoms with Crippen LogP contribution in [0.1, 0.15) is 49.3 Å². The summed E-state index contributed by atoms with van der Waals surface area (Å²) < 4.78 is 33.7. The van der Waals surface area contributed by atoms with E-state index < -0.39 is 15.3 Å². The molecule has 1 fully saturated rings. The zero-order chi connectivity index (χ0) is 14.9. The maximum Gasteiger partial charge on any atom is 0.217 e. The van der Waals surface area contributed by atoms with Crippen molar-refractivity contribution in [2.24, 2.45) is 0 Å². The maximum atomic E-state index is 12.7. The van der Waals surface area contributed by atoms with Gasteiger partial charge in [-0.3, -0.25) is 0 Å². The molecule has 21 heavy (non-hydrogen) atoms. The zero-order valence-corrected chi connectivity index (χ0v) is 13.2. The van der Waals surface area contributed by atoms with Crippen molar-refractivity contribution in [1.29, 1.82) is 0 Å². The lowest BCUT2D eigenvalue weighted by molar-refractivity contribution is 0.110. The molecule has 5 heteroatoms. The molecule has 0 amide bonds. The molecule has 1 aromatic carbocycles. The van der Waals surface area contributed by atoms with E-state index in [4.69, 9.17) is 4.74 Å². The fourth-order valence-electron chi connectivity index (χ4n) is 3.68. The van der Waals surface area contributed by atoms with Gasteiger partial charge in [0.25, 0.3) is 0 Å². The number of ether oxygens (including phenoxy) is 1. The number of rotatable bonds is 4. The van der Waals surface area contributed by atoms with Crippen molar-refractivity contribution in [3.63, 3.8) is 0 Å². The van der Waals surface area contributed by atoms with Gasteiger partial charge < -0.3 is 4.74 Å². The number of sulfonamides is 1. The van der Waals surface area contributed by atoms with Gasteiger partial charge in [-0.05, 0) is 49.7 Å². The van der Waals surface area contributed by atoms with Gasteiger partial charge in [0.2, 0.25) is 10.0 Å². The number of nitrogens with one attached hydrogen (secondary N) is 1. The first-order chi connectivity index (χ1) is 10.1. The molecule has 1 N–H and O–H groups in total. The van der Waals surface area contributed by atoms with Gasteiger partial charge in [0.1, 0.15) is 5.25 Å². The second-order valence-electron chi connectivity index (χ2n) is 6.05. The van der Waals surface area contributed by atoms with Gasteiger partial charge in [-0.15, -0.1) is 0 Å². The fraction of sp³-hybridized carbons (Fsp3) is 0.625. The molecule has 0 heterocycles. The maximum absolute atomic E-state index is 12.7. The number of fused-ring (bicyclic) bond motifs is 1. The largest absolute Gasteiger partial charge is 0.380 e. The minimum absolute atomic E-state index is 0.0851. The lowest BCUT2D eigenvalue weighted by Crippen LogP contribution is -2.42. The summed E-state index contributed by atoms with van der Waals surface area (Å²) in [5.41, 5.74) is 2.41. The van der Waals surface area contributed by atoms with E-state index in [1.54, 1.807) is 7.11 Å². The number of hydrogen-bond acceptors (Lipinski definition) is 3. The Kier molecular flexibility index (Phi) is 4.33. The van der Waals surface area contributed by atoms with Crippen molar-refractivity contribution in [3.8, 4) is 0 Å². The average molecular weight is 309 g/mol. The lowest BCUT2D eigenvalue weighted by atomic mass is 9.88. The van der Waals surface area contributed by atoms with Crippen molar-refractivity contribution in [2.75, 3.05) is 7.11 Å². The topological polar surface area (TPSA) is 55.4 Å². The minimum atomic E-state index is -3.34. The summed E-state index contributed by atoms with van der Waals surface area (Å²) in [6, 6.07) is 8.07. The molecule has 4 nitrogen and oxygen atoms in total. The molecule has 0 spiro atoms. The van der Waals surface area contributed by atoms with Crippen molar-refractivity contribution in [3.05, 3.63) is 35.4 Å². The van der Waals surface area contributed by atoms with Crippen LogP contribution < -0.4 is 4.72 Å². The predicted octanol–water partition coefficient (Wildman–Crippen LogP) is 2.55. The Morgan fingerprint density at radius 1 is 1.14 bits per heavy atom. The highest BCUT2D eigenvalue weighted by Crippen LogP contribution is 2.33. The Labute approximate surface area is 126 Å². The highest BCUT2D eigenvalue weighted by atomic mass is 32.2. The Balaban J connectivity index is 1.80. The summed E-state index contributed by atoms with van der Waals surface area (Å²) >= 11 is 0. The van der Waals surface area contributed by atoms with Crippen LogP contribution in [0, 0.1) is 0 Å². The summed E-state index contributed by atoms with van der Waals surface area (Å²) in [6.45, 7) is 0.